The van der Waals surface area contributed by atoms with Gasteiger partial charge in [0, 0.05) is 30.9 Å². The van der Waals surface area contributed by atoms with Crippen LogP contribution in [-0.2, 0) is 6.42 Å². The number of hydrogen-bond donors (Lipinski definition) is 1. The summed E-state index contributed by atoms with van der Waals surface area (Å²) in [5.74, 6) is 0.836. The number of rotatable bonds is 6. The summed E-state index contributed by atoms with van der Waals surface area (Å²) in [6, 6.07) is 3.94. The number of hydrogen-bond acceptors (Lipinski definition) is 3. The number of pyridine rings is 1. The van der Waals surface area contributed by atoms with Crippen molar-refractivity contribution in [1.82, 2.24) is 9.88 Å². The summed E-state index contributed by atoms with van der Waals surface area (Å²) in [7, 11) is 1.83. The van der Waals surface area contributed by atoms with Crippen LogP contribution in [0.15, 0.2) is 12.1 Å². The Morgan fingerprint density at radius 1 is 1.37 bits per heavy atom. The topological polar surface area (TPSA) is 45.2 Å². The zero-order valence-corrected chi connectivity index (χ0v) is 12.7. The normalized spacial score (nSPS) is 10.6. The van der Waals surface area contributed by atoms with Gasteiger partial charge in [0.25, 0.3) is 5.91 Å². The lowest BCUT2D eigenvalue weighted by Gasteiger charge is -2.22. The molecule has 0 saturated heterocycles. The third kappa shape index (κ3) is 4.23. The van der Waals surface area contributed by atoms with Crippen molar-refractivity contribution in [1.29, 1.82) is 0 Å². The van der Waals surface area contributed by atoms with E-state index in [2.05, 4.69) is 17.2 Å². The average Bonchev–Trinajstić information content (AvgIpc) is 2.37. The van der Waals surface area contributed by atoms with Crippen LogP contribution in [0.1, 0.15) is 50.2 Å². The van der Waals surface area contributed by atoms with Crippen LogP contribution in [0, 0.1) is 0 Å². The Balaban J connectivity index is 3.07. The molecule has 0 saturated carbocycles. The van der Waals surface area contributed by atoms with Crippen molar-refractivity contribution in [2.45, 2.75) is 46.6 Å². The van der Waals surface area contributed by atoms with Gasteiger partial charge in [-0.15, -0.1) is 0 Å². The Morgan fingerprint density at radius 2 is 2.05 bits per heavy atom. The van der Waals surface area contributed by atoms with E-state index >= 15 is 0 Å². The number of carbonyl (C=O) groups excluding carboxylic acids is 1. The highest BCUT2D eigenvalue weighted by molar-refractivity contribution is 5.95. The number of amides is 1. The zero-order chi connectivity index (χ0) is 14.4. The van der Waals surface area contributed by atoms with Gasteiger partial charge in [-0.3, -0.25) is 4.79 Å². The first-order chi connectivity index (χ1) is 8.99. The van der Waals surface area contributed by atoms with Crippen LogP contribution in [0.2, 0.25) is 0 Å². The number of aromatic nitrogens is 1. The Bertz CT molecular complexity index is 405. The van der Waals surface area contributed by atoms with E-state index in [0.717, 1.165) is 30.9 Å². The lowest BCUT2D eigenvalue weighted by Crippen LogP contribution is -2.33. The summed E-state index contributed by atoms with van der Waals surface area (Å²) in [5, 5.41) is 3.19. The maximum absolute atomic E-state index is 12.4. The molecule has 0 aromatic carbocycles. The molecule has 106 valence electrons. The van der Waals surface area contributed by atoms with Crippen LogP contribution < -0.4 is 5.32 Å². The maximum atomic E-state index is 12.4. The molecule has 0 atom stereocenters. The van der Waals surface area contributed by atoms with E-state index in [0.29, 0.717) is 5.56 Å². The minimum absolute atomic E-state index is 0.0499. The fourth-order valence-electron chi connectivity index (χ4n) is 1.81. The third-order valence-corrected chi connectivity index (χ3v) is 3.08. The molecule has 0 unspecified atom stereocenters. The summed E-state index contributed by atoms with van der Waals surface area (Å²) >= 11 is 0. The van der Waals surface area contributed by atoms with Crippen LogP contribution in [-0.4, -0.2) is 35.4 Å². The Hall–Kier alpha value is -1.58. The molecule has 0 aliphatic heterocycles. The molecular formula is C15H25N3O. The lowest BCUT2D eigenvalue weighted by atomic mass is 10.1. The van der Waals surface area contributed by atoms with E-state index in [1.807, 2.05) is 40.0 Å². The zero-order valence-electron chi connectivity index (χ0n) is 12.7. The van der Waals surface area contributed by atoms with Crippen molar-refractivity contribution in [3.05, 3.63) is 23.4 Å². The van der Waals surface area contributed by atoms with Gasteiger partial charge < -0.3 is 10.2 Å². The number of anilines is 1. The first kappa shape index (κ1) is 15.5. The summed E-state index contributed by atoms with van der Waals surface area (Å²) in [4.78, 5) is 18.6. The third-order valence-electron chi connectivity index (χ3n) is 3.08. The Kier molecular flexibility index (Phi) is 5.80. The number of nitrogens with zero attached hydrogens (tertiary/aromatic N) is 2. The van der Waals surface area contributed by atoms with Gasteiger partial charge >= 0.3 is 0 Å². The van der Waals surface area contributed by atoms with Gasteiger partial charge in [0.05, 0.1) is 0 Å². The molecule has 0 radical (unpaired) electrons. The summed E-state index contributed by atoms with van der Waals surface area (Å²) < 4.78 is 0. The number of nitrogens with one attached hydrogen (secondary N) is 1. The predicted molar refractivity (Wildman–Crippen MR) is 79.6 cm³/mol. The van der Waals surface area contributed by atoms with Crippen molar-refractivity contribution >= 4 is 11.7 Å². The number of carbonyl (C=O) groups is 1. The molecule has 0 aliphatic rings. The van der Waals surface area contributed by atoms with Crippen LogP contribution in [0.4, 0.5) is 5.82 Å². The van der Waals surface area contributed by atoms with Gasteiger partial charge in [0.2, 0.25) is 0 Å². The molecule has 1 amide bonds. The Morgan fingerprint density at radius 3 is 2.58 bits per heavy atom. The molecule has 1 rings (SSSR count). The SMILES string of the molecule is CCCc1cc(C(=O)N(C)C(C)C)cc(NCC)n1. The van der Waals surface area contributed by atoms with Gasteiger partial charge in [-0.05, 0) is 39.3 Å². The van der Waals surface area contributed by atoms with E-state index in [4.69, 9.17) is 0 Å². The van der Waals surface area contributed by atoms with Gasteiger partial charge in [-0.1, -0.05) is 13.3 Å². The average molecular weight is 263 g/mol. The molecule has 19 heavy (non-hydrogen) atoms. The van der Waals surface area contributed by atoms with Crippen LogP contribution in [0.5, 0.6) is 0 Å². The summed E-state index contributed by atoms with van der Waals surface area (Å²) in [6.07, 6.45) is 1.92. The highest BCUT2D eigenvalue weighted by atomic mass is 16.2. The molecule has 1 aromatic rings. The van der Waals surface area contributed by atoms with E-state index in [1.54, 1.807) is 4.90 Å². The second kappa shape index (κ2) is 7.12. The molecule has 1 heterocycles. The van der Waals surface area contributed by atoms with Crippen LogP contribution >= 0.6 is 0 Å². The van der Waals surface area contributed by atoms with E-state index in [1.165, 1.54) is 0 Å². The summed E-state index contributed by atoms with van der Waals surface area (Å²) in [6.45, 7) is 8.96. The van der Waals surface area contributed by atoms with Crippen molar-refractivity contribution in [2.24, 2.45) is 0 Å². The molecule has 0 bridgehead atoms. The predicted octanol–water partition coefficient (Wildman–Crippen LogP) is 2.95. The molecule has 0 spiro atoms. The monoisotopic (exact) mass is 263 g/mol. The highest BCUT2D eigenvalue weighted by Crippen LogP contribution is 2.14. The van der Waals surface area contributed by atoms with E-state index in [9.17, 15) is 4.79 Å². The van der Waals surface area contributed by atoms with Crippen molar-refractivity contribution < 1.29 is 4.79 Å². The molecule has 1 N–H and O–H groups in total. The van der Waals surface area contributed by atoms with Crippen molar-refractivity contribution in [2.75, 3.05) is 18.9 Å². The van der Waals surface area contributed by atoms with E-state index in [-0.39, 0.29) is 11.9 Å². The Labute approximate surface area is 116 Å². The van der Waals surface area contributed by atoms with Gasteiger partial charge in [0.15, 0.2) is 0 Å². The lowest BCUT2D eigenvalue weighted by molar-refractivity contribution is 0.0754. The second-order valence-corrected chi connectivity index (χ2v) is 5.02. The first-order valence-corrected chi connectivity index (χ1v) is 7.01. The van der Waals surface area contributed by atoms with Gasteiger partial charge in [0.1, 0.15) is 5.82 Å². The van der Waals surface area contributed by atoms with E-state index < -0.39 is 0 Å². The molecule has 1 aromatic heterocycles. The van der Waals surface area contributed by atoms with Gasteiger partial charge in [-0.2, -0.15) is 0 Å². The van der Waals surface area contributed by atoms with Crippen LogP contribution in [0.25, 0.3) is 0 Å². The first-order valence-electron chi connectivity index (χ1n) is 7.01. The molecular weight excluding hydrogens is 238 g/mol. The molecule has 4 heteroatoms. The standard InChI is InChI=1S/C15H25N3O/c1-6-8-13-9-12(10-14(17-13)16-7-2)15(19)18(5)11(3)4/h9-11H,6-8H2,1-5H3,(H,16,17). The molecule has 4 nitrogen and oxygen atoms in total. The fraction of sp³-hybridized carbons (Fsp3) is 0.600. The minimum Gasteiger partial charge on any atom is -0.370 e. The van der Waals surface area contributed by atoms with Crippen molar-refractivity contribution in [3.63, 3.8) is 0 Å². The highest BCUT2D eigenvalue weighted by Gasteiger charge is 2.16. The minimum atomic E-state index is 0.0499. The molecule has 0 aliphatic carbocycles. The number of aryl methyl sites for hydroxylation is 1. The van der Waals surface area contributed by atoms with Gasteiger partial charge in [-0.25, -0.2) is 4.98 Å². The second-order valence-electron chi connectivity index (χ2n) is 5.02. The van der Waals surface area contributed by atoms with Crippen molar-refractivity contribution in [3.8, 4) is 0 Å². The maximum Gasteiger partial charge on any atom is 0.254 e. The quantitative estimate of drug-likeness (QED) is 0.858. The fourth-order valence-corrected chi connectivity index (χ4v) is 1.81. The largest absolute Gasteiger partial charge is 0.370 e. The summed E-state index contributed by atoms with van der Waals surface area (Å²) in [5.41, 5.74) is 1.69. The smallest absolute Gasteiger partial charge is 0.254 e. The molecule has 0 fully saturated rings. The van der Waals surface area contributed by atoms with Crippen LogP contribution in [0.3, 0.4) is 0 Å².